The first-order chi connectivity index (χ1) is 7.75. The van der Waals surface area contributed by atoms with Crippen LogP contribution in [-0.4, -0.2) is 49.6 Å². The van der Waals surface area contributed by atoms with E-state index in [1.807, 2.05) is 0 Å². The zero-order chi connectivity index (χ0) is 11.4. The van der Waals surface area contributed by atoms with Crippen molar-refractivity contribution in [3.63, 3.8) is 0 Å². The van der Waals surface area contributed by atoms with E-state index in [1.54, 1.807) is 0 Å². The number of carbonyl (C=O) groups is 1. The van der Waals surface area contributed by atoms with E-state index in [0.29, 0.717) is 6.04 Å². The summed E-state index contributed by atoms with van der Waals surface area (Å²) in [6.07, 6.45) is 5.61. The van der Waals surface area contributed by atoms with Gasteiger partial charge in [0.2, 0.25) is 5.91 Å². The highest BCUT2D eigenvalue weighted by Gasteiger charge is 2.25. The van der Waals surface area contributed by atoms with Crippen LogP contribution in [0, 0.1) is 0 Å². The molecule has 2 N–H and O–H groups in total. The predicted octanol–water partition coefficient (Wildman–Crippen LogP) is 0.339. The minimum Gasteiger partial charge on any atom is -0.355 e. The quantitative estimate of drug-likeness (QED) is 0.712. The van der Waals surface area contributed by atoms with Crippen LogP contribution in [0.25, 0.3) is 0 Å². The number of piperidine rings is 1. The molecule has 0 aromatic heterocycles. The van der Waals surface area contributed by atoms with Gasteiger partial charge in [-0.15, -0.1) is 0 Å². The van der Waals surface area contributed by atoms with E-state index in [2.05, 4.69) is 22.6 Å². The molecule has 0 aromatic rings. The Morgan fingerprint density at radius 2 is 2.00 bits per heavy atom. The standard InChI is InChI=1S/C12H23N3O/c1-15-8-5-10(6-9-15)14-11-4-2-3-7-13-12(11)16/h10-11,14H,2-9H2,1H3,(H,13,16). The Morgan fingerprint density at radius 3 is 2.75 bits per heavy atom. The molecule has 0 aromatic carbocycles. The van der Waals surface area contributed by atoms with Crippen molar-refractivity contribution < 1.29 is 4.79 Å². The first-order valence-corrected chi connectivity index (χ1v) is 6.48. The second-order valence-corrected chi connectivity index (χ2v) is 5.08. The molecule has 2 fully saturated rings. The van der Waals surface area contributed by atoms with Gasteiger partial charge >= 0.3 is 0 Å². The summed E-state index contributed by atoms with van der Waals surface area (Å²) in [7, 11) is 2.16. The summed E-state index contributed by atoms with van der Waals surface area (Å²) < 4.78 is 0. The number of amides is 1. The van der Waals surface area contributed by atoms with Crippen LogP contribution >= 0.6 is 0 Å². The maximum atomic E-state index is 11.8. The molecule has 0 radical (unpaired) electrons. The first kappa shape index (κ1) is 11.9. The average molecular weight is 225 g/mol. The number of nitrogens with one attached hydrogen (secondary N) is 2. The summed E-state index contributed by atoms with van der Waals surface area (Å²) in [5.41, 5.74) is 0. The van der Waals surface area contributed by atoms with Crippen molar-refractivity contribution in [2.24, 2.45) is 0 Å². The van der Waals surface area contributed by atoms with Gasteiger partial charge in [0.15, 0.2) is 0 Å². The lowest BCUT2D eigenvalue weighted by Crippen LogP contribution is -2.50. The van der Waals surface area contributed by atoms with Gasteiger partial charge in [-0.05, 0) is 52.2 Å². The number of rotatable bonds is 2. The number of hydrogen-bond acceptors (Lipinski definition) is 3. The largest absolute Gasteiger partial charge is 0.355 e. The van der Waals surface area contributed by atoms with Crippen molar-refractivity contribution >= 4 is 5.91 Å². The van der Waals surface area contributed by atoms with Crippen molar-refractivity contribution in [3.05, 3.63) is 0 Å². The smallest absolute Gasteiger partial charge is 0.237 e. The van der Waals surface area contributed by atoms with Crippen LogP contribution in [0.15, 0.2) is 0 Å². The fourth-order valence-electron chi connectivity index (χ4n) is 2.56. The lowest BCUT2D eigenvalue weighted by Gasteiger charge is -2.31. The summed E-state index contributed by atoms with van der Waals surface area (Å²) in [5, 5.41) is 6.51. The molecule has 1 unspecified atom stereocenters. The SMILES string of the molecule is CN1CCC(NC2CCCCNC2=O)CC1. The normalized spacial score (nSPS) is 29.8. The maximum absolute atomic E-state index is 11.8. The first-order valence-electron chi connectivity index (χ1n) is 6.48. The van der Waals surface area contributed by atoms with Crippen molar-refractivity contribution in [1.82, 2.24) is 15.5 Å². The maximum Gasteiger partial charge on any atom is 0.237 e. The Kier molecular flexibility index (Phi) is 4.18. The third-order valence-electron chi connectivity index (χ3n) is 3.69. The molecule has 1 atom stereocenters. The molecule has 92 valence electrons. The Hall–Kier alpha value is -0.610. The molecule has 2 aliphatic rings. The van der Waals surface area contributed by atoms with Gasteiger partial charge in [-0.25, -0.2) is 0 Å². The Balaban J connectivity index is 1.80. The number of nitrogens with zero attached hydrogens (tertiary/aromatic N) is 1. The molecule has 2 rings (SSSR count). The van der Waals surface area contributed by atoms with E-state index in [-0.39, 0.29) is 11.9 Å². The van der Waals surface area contributed by atoms with Gasteiger partial charge in [0.1, 0.15) is 0 Å². The lowest BCUT2D eigenvalue weighted by molar-refractivity contribution is -0.123. The summed E-state index contributed by atoms with van der Waals surface area (Å²) in [4.78, 5) is 14.1. The van der Waals surface area contributed by atoms with Crippen LogP contribution in [0.4, 0.5) is 0 Å². The van der Waals surface area contributed by atoms with Crippen LogP contribution in [-0.2, 0) is 4.79 Å². The third-order valence-corrected chi connectivity index (χ3v) is 3.69. The molecule has 1 amide bonds. The molecule has 4 heteroatoms. The van der Waals surface area contributed by atoms with Gasteiger partial charge < -0.3 is 15.5 Å². The van der Waals surface area contributed by atoms with Crippen molar-refractivity contribution in [2.75, 3.05) is 26.7 Å². The van der Waals surface area contributed by atoms with E-state index in [9.17, 15) is 4.79 Å². The van der Waals surface area contributed by atoms with Crippen LogP contribution in [0.5, 0.6) is 0 Å². The van der Waals surface area contributed by atoms with Crippen molar-refractivity contribution in [3.8, 4) is 0 Å². The lowest BCUT2D eigenvalue weighted by atomic mass is 10.0. The Morgan fingerprint density at radius 1 is 1.25 bits per heavy atom. The molecular weight excluding hydrogens is 202 g/mol. The van der Waals surface area contributed by atoms with E-state index in [0.717, 1.165) is 38.9 Å². The topological polar surface area (TPSA) is 44.4 Å². The minimum absolute atomic E-state index is 0.0518. The van der Waals surface area contributed by atoms with Gasteiger partial charge in [0.25, 0.3) is 0 Å². The fraction of sp³-hybridized carbons (Fsp3) is 0.917. The average Bonchev–Trinajstić information content (AvgIpc) is 2.48. The zero-order valence-electron chi connectivity index (χ0n) is 10.2. The monoisotopic (exact) mass is 225 g/mol. The van der Waals surface area contributed by atoms with E-state index >= 15 is 0 Å². The fourth-order valence-corrected chi connectivity index (χ4v) is 2.56. The molecule has 2 aliphatic heterocycles. The van der Waals surface area contributed by atoms with E-state index in [4.69, 9.17) is 0 Å². The van der Waals surface area contributed by atoms with Gasteiger partial charge in [-0.2, -0.15) is 0 Å². The highest BCUT2D eigenvalue weighted by Crippen LogP contribution is 2.12. The van der Waals surface area contributed by atoms with Crippen LogP contribution in [0.2, 0.25) is 0 Å². The second-order valence-electron chi connectivity index (χ2n) is 5.08. The van der Waals surface area contributed by atoms with E-state index in [1.165, 1.54) is 12.8 Å². The summed E-state index contributed by atoms with van der Waals surface area (Å²) in [6, 6.07) is 0.584. The molecule has 0 spiro atoms. The predicted molar refractivity (Wildman–Crippen MR) is 64.3 cm³/mol. The highest BCUT2D eigenvalue weighted by molar-refractivity contribution is 5.81. The molecule has 0 saturated carbocycles. The van der Waals surface area contributed by atoms with Crippen LogP contribution < -0.4 is 10.6 Å². The second kappa shape index (κ2) is 5.64. The molecule has 4 nitrogen and oxygen atoms in total. The van der Waals surface area contributed by atoms with Crippen molar-refractivity contribution in [1.29, 1.82) is 0 Å². The van der Waals surface area contributed by atoms with Crippen LogP contribution in [0.1, 0.15) is 32.1 Å². The number of likely N-dealkylation sites (tertiary alicyclic amines) is 1. The molecule has 0 aliphatic carbocycles. The van der Waals surface area contributed by atoms with Gasteiger partial charge in [0.05, 0.1) is 6.04 Å². The molecule has 2 saturated heterocycles. The van der Waals surface area contributed by atoms with Gasteiger partial charge in [-0.3, -0.25) is 4.79 Å². The van der Waals surface area contributed by atoms with Crippen LogP contribution in [0.3, 0.4) is 0 Å². The highest BCUT2D eigenvalue weighted by atomic mass is 16.2. The van der Waals surface area contributed by atoms with Crippen molar-refractivity contribution in [2.45, 2.75) is 44.2 Å². The van der Waals surface area contributed by atoms with Gasteiger partial charge in [0, 0.05) is 12.6 Å². The van der Waals surface area contributed by atoms with E-state index < -0.39 is 0 Å². The minimum atomic E-state index is 0.0518. The zero-order valence-corrected chi connectivity index (χ0v) is 10.2. The molecule has 16 heavy (non-hydrogen) atoms. The molecule has 0 bridgehead atoms. The summed E-state index contributed by atoms with van der Waals surface area (Å²) in [6.45, 7) is 3.14. The third kappa shape index (κ3) is 3.19. The Bertz CT molecular complexity index is 236. The number of hydrogen-bond donors (Lipinski definition) is 2. The summed E-state index contributed by atoms with van der Waals surface area (Å²) in [5.74, 6) is 0.205. The summed E-state index contributed by atoms with van der Waals surface area (Å²) >= 11 is 0. The number of carbonyl (C=O) groups excluding carboxylic acids is 1. The Labute approximate surface area is 97.8 Å². The van der Waals surface area contributed by atoms with Gasteiger partial charge in [-0.1, -0.05) is 0 Å². The molecular formula is C12H23N3O. The molecule has 2 heterocycles.